The van der Waals surface area contributed by atoms with Crippen molar-refractivity contribution in [3.8, 4) is 11.8 Å². The molecule has 0 N–H and O–H groups in total. The highest BCUT2D eigenvalue weighted by molar-refractivity contribution is 6.17. The maximum atomic E-state index is 5.57. The fourth-order valence-corrected chi connectivity index (χ4v) is 1.33. The van der Waals surface area contributed by atoms with Gasteiger partial charge in [0.2, 0.25) is 0 Å². The topological polar surface area (TPSA) is 0 Å². The van der Waals surface area contributed by atoms with Crippen molar-refractivity contribution in [1.82, 2.24) is 0 Å². The smallest absolute Gasteiger partial charge is 0.0277 e. The Labute approximate surface area is 91.3 Å². The molecule has 1 rings (SSSR count). The van der Waals surface area contributed by atoms with Gasteiger partial charge >= 0.3 is 0 Å². The van der Waals surface area contributed by atoms with Crippen LogP contribution < -0.4 is 0 Å². The monoisotopic (exact) mass is 206 g/mol. The summed E-state index contributed by atoms with van der Waals surface area (Å²) < 4.78 is 0. The van der Waals surface area contributed by atoms with E-state index in [1.165, 1.54) is 11.1 Å². The summed E-state index contributed by atoms with van der Waals surface area (Å²) in [5.74, 6) is 7.01. The first kappa shape index (κ1) is 11.1. The van der Waals surface area contributed by atoms with Crippen molar-refractivity contribution in [3.05, 3.63) is 34.9 Å². The molecule has 1 heteroatoms. The minimum atomic E-state index is 0.696. The van der Waals surface area contributed by atoms with E-state index in [4.69, 9.17) is 11.6 Å². The highest BCUT2D eigenvalue weighted by Crippen LogP contribution is 2.11. The second-order valence-corrected chi connectivity index (χ2v) is 3.72. The van der Waals surface area contributed by atoms with E-state index < -0.39 is 0 Å². The molecular weight excluding hydrogens is 192 g/mol. The van der Waals surface area contributed by atoms with Crippen molar-refractivity contribution in [1.29, 1.82) is 0 Å². The molecule has 0 unspecified atom stereocenters. The average Bonchev–Trinajstić information content (AvgIpc) is 2.19. The standard InChI is InChI=1S/C13H15Cl/c1-11-7-6-9-13(12(11)2)8-4-3-5-10-14/h6-7,9H,3,5,10H2,1-2H3. The molecule has 0 radical (unpaired) electrons. The summed E-state index contributed by atoms with van der Waals surface area (Å²) in [5, 5.41) is 0. The van der Waals surface area contributed by atoms with E-state index in [1.807, 2.05) is 6.07 Å². The van der Waals surface area contributed by atoms with E-state index in [-0.39, 0.29) is 0 Å². The van der Waals surface area contributed by atoms with Crippen LogP contribution in [0.4, 0.5) is 0 Å². The van der Waals surface area contributed by atoms with Crippen molar-refractivity contribution in [2.45, 2.75) is 26.7 Å². The Morgan fingerprint density at radius 1 is 1.29 bits per heavy atom. The van der Waals surface area contributed by atoms with E-state index in [1.54, 1.807) is 0 Å². The molecule has 0 atom stereocenters. The molecule has 0 aliphatic rings. The van der Waals surface area contributed by atoms with Crippen molar-refractivity contribution < 1.29 is 0 Å². The Bertz CT molecular complexity index is 355. The summed E-state index contributed by atoms with van der Waals surface area (Å²) >= 11 is 5.57. The second-order valence-electron chi connectivity index (χ2n) is 3.34. The minimum absolute atomic E-state index is 0.696. The fraction of sp³-hybridized carbons (Fsp3) is 0.385. The quantitative estimate of drug-likeness (QED) is 0.394. The van der Waals surface area contributed by atoms with Gasteiger partial charge in [0.25, 0.3) is 0 Å². The number of unbranched alkanes of at least 4 members (excludes halogenated alkanes) is 1. The first-order valence-corrected chi connectivity index (χ1v) is 5.40. The lowest BCUT2D eigenvalue weighted by Gasteiger charge is -2.00. The third-order valence-electron chi connectivity index (χ3n) is 2.26. The second kappa shape index (κ2) is 5.73. The molecule has 1 aromatic carbocycles. The number of rotatable bonds is 2. The molecule has 0 spiro atoms. The van der Waals surface area contributed by atoms with Gasteiger partial charge in [-0.1, -0.05) is 24.0 Å². The van der Waals surface area contributed by atoms with Gasteiger partial charge in [-0.05, 0) is 37.5 Å². The number of halogens is 1. The van der Waals surface area contributed by atoms with Crippen LogP contribution in [0.15, 0.2) is 18.2 Å². The van der Waals surface area contributed by atoms with E-state index in [0.717, 1.165) is 18.4 Å². The van der Waals surface area contributed by atoms with E-state index in [2.05, 4.69) is 37.8 Å². The van der Waals surface area contributed by atoms with Gasteiger partial charge in [-0.3, -0.25) is 0 Å². The predicted molar refractivity (Wildman–Crippen MR) is 62.7 cm³/mol. The lowest BCUT2D eigenvalue weighted by atomic mass is 10.0. The molecule has 1 aromatic rings. The van der Waals surface area contributed by atoms with Crippen LogP contribution in [0.3, 0.4) is 0 Å². The highest BCUT2D eigenvalue weighted by atomic mass is 35.5. The van der Waals surface area contributed by atoms with Gasteiger partial charge in [0.15, 0.2) is 0 Å². The zero-order chi connectivity index (χ0) is 10.4. The molecule has 0 fully saturated rings. The van der Waals surface area contributed by atoms with Crippen LogP contribution in [-0.2, 0) is 0 Å². The number of benzene rings is 1. The molecule has 0 bridgehead atoms. The summed E-state index contributed by atoms with van der Waals surface area (Å²) in [7, 11) is 0. The van der Waals surface area contributed by atoms with Crippen molar-refractivity contribution in [3.63, 3.8) is 0 Å². The molecule has 0 saturated heterocycles. The summed E-state index contributed by atoms with van der Waals surface area (Å²) in [4.78, 5) is 0. The van der Waals surface area contributed by atoms with E-state index in [0.29, 0.717) is 5.88 Å². The molecule has 0 aliphatic heterocycles. The molecule has 0 aliphatic carbocycles. The van der Waals surface area contributed by atoms with Crippen LogP contribution >= 0.6 is 11.6 Å². The maximum Gasteiger partial charge on any atom is 0.0277 e. The average molecular weight is 207 g/mol. The zero-order valence-corrected chi connectivity index (χ0v) is 9.49. The van der Waals surface area contributed by atoms with Crippen molar-refractivity contribution >= 4 is 11.6 Å². The molecule has 0 saturated carbocycles. The molecule has 74 valence electrons. The zero-order valence-electron chi connectivity index (χ0n) is 8.73. The molecule has 0 aromatic heterocycles. The van der Waals surface area contributed by atoms with Crippen LogP contribution in [-0.4, -0.2) is 5.88 Å². The summed E-state index contributed by atoms with van der Waals surface area (Å²) in [6.07, 6.45) is 1.86. The largest absolute Gasteiger partial charge is 0.127 e. The Hall–Kier alpha value is -0.930. The molecular formula is C13H15Cl. The normalized spacial score (nSPS) is 9.36. The van der Waals surface area contributed by atoms with Gasteiger partial charge in [-0.2, -0.15) is 0 Å². The fourth-order valence-electron chi connectivity index (χ4n) is 1.20. The third-order valence-corrected chi connectivity index (χ3v) is 2.53. The molecule has 0 nitrogen and oxygen atoms in total. The van der Waals surface area contributed by atoms with Gasteiger partial charge in [0.1, 0.15) is 0 Å². The lowest BCUT2D eigenvalue weighted by Crippen LogP contribution is -1.85. The summed E-state index contributed by atoms with van der Waals surface area (Å²) in [6.45, 7) is 4.22. The minimum Gasteiger partial charge on any atom is -0.127 e. The summed E-state index contributed by atoms with van der Waals surface area (Å²) in [5.41, 5.74) is 3.72. The van der Waals surface area contributed by atoms with E-state index in [9.17, 15) is 0 Å². The molecule has 14 heavy (non-hydrogen) atoms. The Kier molecular flexibility index (Phi) is 4.56. The maximum absolute atomic E-state index is 5.57. The van der Waals surface area contributed by atoms with Gasteiger partial charge < -0.3 is 0 Å². The van der Waals surface area contributed by atoms with Crippen LogP contribution in [0.25, 0.3) is 0 Å². The van der Waals surface area contributed by atoms with Gasteiger partial charge in [-0.15, -0.1) is 11.6 Å². The van der Waals surface area contributed by atoms with Crippen LogP contribution in [0.1, 0.15) is 29.5 Å². The third kappa shape index (κ3) is 3.09. The van der Waals surface area contributed by atoms with Gasteiger partial charge in [-0.25, -0.2) is 0 Å². The number of alkyl halides is 1. The van der Waals surface area contributed by atoms with Crippen molar-refractivity contribution in [2.75, 3.05) is 5.88 Å². The van der Waals surface area contributed by atoms with Crippen LogP contribution in [0.2, 0.25) is 0 Å². The predicted octanol–water partition coefficient (Wildman–Crippen LogP) is 3.67. The van der Waals surface area contributed by atoms with Gasteiger partial charge in [0, 0.05) is 17.9 Å². The van der Waals surface area contributed by atoms with E-state index >= 15 is 0 Å². The number of hydrogen-bond donors (Lipinski definition) is 0. The number of aryl methyl sites for hydroxylation is 1. The highest BCUT2D eigenvalue weighted by Gasteiger charge is 1.95. The first-order valence-electron chi connectivity index (χ1n) is 4.86. The van der Waals surface area contributed by atoms with Crippen LogP contribution in [0.5, 0.6) is 0 Å². The van der Waals surface area contributed by atoms with Crippen molar-refractivity contribution in [2.24, 2.45) is 0 Å². The Morgan fingerprint density at radius 2 is 2.07 bits per heavy atom. The molecule has 0 heterocycles. The van der Waals surface area contributed by atoms with Gasteiger partial charge in [0.05, 0.1) is 0 Å². The molecule has 0 amide bonds. The Balaban J connectivity index is 2.74. The lowest BCUT2D eigenvalue weighted by molar-refractivity contribution is 0.991. The van der Waals surface area contributed by atoms with Crippen LogP contribution in [0, 0.1) is 25.7 Å². The number of hydrogen-bond acceptors (Lipinski definition) is 0. The SMILES string of the molecule is Cc1cccc(C#CCCCCl)c1C. The summed E-state index contributed by atoms with van der Waals surface area (Å²) in [6, 6.07) is 6.23. The first-order chi connectivity index (χ1) is 6.75. The Morgan fingerprint density at radius 3 is 2.79 bits per heavy atom.